The summed E-state index contributed by atoms with van der Waals surface area (Å²) in [6.07, 6.45) is -2.12. The molecule has 2 aromatic carbocycles. The van der Waals surface area contributed by atoms with Gasteiger partial charge in [0.1, 0.15) is 0 Å². The molecule has 136 valence electrons. The molecule has 9 heteroatoms. The average molecular weight is 365 g/mol. The number of para-hydroxylation sites is 1. The molecule has 0 atom stereocenters. The van der Waals surface area contributed by atoms with E-state index in [0.29, 0.717) is 11.3 Å². The summed E-state index contributed by atoms with van der Waals surface area (Å²) in [6, 6.07) is 9.90. The summed E-state index contributed by atoms with van der Waals surface area (Å²) in [5, 5.41) is 13.3. The number of anilines is 2. The molecule has 0 radical (unpaired) electrons. The van der Waals surface area contributed by atoms with E-state index >= 15 is 0 Å². The van der Waals surface area contributed by atoms with E-state index in [1.165, 1.54) is 23.7 Å². The number of rotatable bonds is 4. The van der Waals surface area contributed by atoms with Gasteiger partial charge in [0.15, 0.2) is 0 Å². The number of alkyl halides is 3. The molecule has 26 heavy (non-hydrogen) atoms. The number of amides is 3. The first kappa shape index (κ1) is 19.0. The van der Waals surface area contributed by atoms with E-state index in [1.54, 1.807) is 24.3 Å². The molecule has 4 N–H and O–H groups in total. The number of urea groups is 1. The molecule has 0 spiro atoms. The minimum atomic E-state index is -4.52. The maximum atomic E-state index is 12.7. The third-order valence-corrected chi connectivity index (χ3v) is 3.18. The van der Waals surface area contributed by atoms with Crippen LogP contribution in [0.2, 0.25) is 0 Å². The van der Waals surface area contributed by atoms with Crippen LogP contribution < -0.4 is 16.1 Å². The molecule has 0 bridgehead atoms. The summed E-state index contributed by atoms with van der Waals surface area (Å²) in [6.45, 7) is 0. The van der Waals surface area contributed by atoms with Crippen LogP contribution in [0.15, 0.2) is 54.6 Å². The number of carbonyl (C=O) groups is 2. The van der Waals surface area contributed by atoms with Crippen LogP contribution in [0.1, 0.15) is 11.1 Å². The van der Waals surface area contributed by atoms with Gasteiger partial charge in [-0.15, -0.1) is 0 Å². The number of benzene rings is 2. The van der Waals surface area contributed by atoms with Crippen molar-refractivity contribution in [1.82, 2.24) is 5.48 Å². The Kier molecular flexibility index (Phi) is 5.97. The lowest BCUT2D eigenvalue weighted by atomic mass is 10.1. The Hall–Kier alpha value is -3.33. The van der Waals surface area contributed by atoms with Crippen molar-refractivity contribution in [2.45, 2.75) is 6.18 Å². The maximum Gasteiger partial charge on any atom is 0.416 e. The number of halogens is 3. The standard InChI is InChI=1S/C17H14F3N3O3/c18-17(19,20)12-5-3-6-13(10-12)21-16(25)22-14-7-2-1-4-11(14)8-9-15(24)23-26/h1-10,26H,(H,23,24)(H2,21,22,25)/b9-8+. The fourth-order valence-electron chi connectivity index (χ4n) is 2.02. The van der Waals surface area contributed by atoms with Crippen LogP contribution in [0.4, 0.5) is 29.3 Å². The normalized spacial score (nSPS) is 11.2. The zero-order chi connectivity index (χ0) is 19.2. The van der Waals surface area contributed by atoms with Gasteiger partial charge in [0.2, 0.25) is 0 Å². The third-order valence-electron chi connectivity index (χ3n) is 3.18. The molecule has 0 heterocycles. The van der Waals surface area contributed by atoms with E-state index in [2.05, 4.69) is 10.6 Å². The lowest BCUT2D eigenvalue weighted by molar-refractivity contribution is -0.137. The summed E-state index contributed by atoms with van der Waals surface area (Å²) in [5.74, 6) is -0.756. The number of hydrogen-bond donors (Lipinski definition) is 4. The van der Waals surface area contributed by atoms with Crippen molar-refractivity contribution >= 4 is 29.4 Å². The number of hydroxylamine groups is 1. The maximum absolute atomic E-state index is 12.7. The second-order valence-electron chi connectivity index (χ2n) is 5.05. The van der Waals surface area contributed by atoms with Crippen molar-refractivity contribution in [3.05, 3.63) is 65.7 Å². The number of hydrogen-bond acceptors (Lipinski definition) is 3. The smallest absolute Gasteiger partial charge is 0.308 e. The summed E-state index contributed by atoms with van der Waals surface area (Å²) in [7, 11) is 0. The van der Waals surface area contributed by atoms with E-state index in [-0.39, 0.29) is 5.69 Å². The largest absolute Gasteiger partial charge is 0.416 e. The molecule has 2 aromatic rings. The quantitative estimate of drug-likeness (QED) is 0.377. The minimum Gasteiger partial charge on any atom is -0.308 e. The van der Waals surface area contributed by atoms with Crippen LogP contribution in [-0.2, 0) is 11.0 Å². The second kappa shape index (κ2) is 8.17. The van der Waals surface area contributed by atoms with E-state index in [1.807, 2.05) is 0 Å². The zero-order valence-corrected chi connectivity index (χ0v) is 13.2. The molecule has 0 saturated heterocycles. The third kappa shape index (κ3) is 5.35. The van der Waals surface area contributed by atoms with Crippen molar-refractivity contribution in [2.24, 2.45) is 0 Å². The fraction of sp³-hybridized carbons (Fsp3) is 0.0588. The van der Waals surface area contributed by atoms with Crippen molar-refractivity contribution in [2.75, 3.05) is 10.6 Å². The van der Waals surface area contributed by atoms with E-state index in [0.717, 1.165) is 18.2 Å². The van der Waals surface area contributed by atoms with E-state index in [4.69, 9.17) is 5.21 Å². The van der Waals surface area contributed by atoms with Gasteiger partial charge in [-0.3, -0.25) is 10.0 Å². The Morgan fingerprint density at radius 3 is 2.42 bits per heavy atom. The molecule has 2 rings (SSSR count). The first-order valence-electron chi connectivity index (χ1n) is 7.26. The molecule has 0 unspecified atom stereocenters. The summed E-state index contributed by atoms with van der Waals surface area (Å²) < 4.78 is 38.1. The summed E-state index contributed by atoms with van der Waals surface area (Å²) in [4.78, 5) is 23.1. The minimum absolute atomic E-state index is 0.0231. The molecule has 0 aliphatic heterocycles. The van der Waals surface area contributed by atoms with Crippen molar-refractivity contribution in [3.63, 3.8) is 0 Å². The van der Waals surface area contributed by atoms with Crippen molar-refractivity contribution in [3.8, 4) is 0 Å². The highest BCUT2D eigenvalue weighted by molar-refractivity contribution is 6.01. The highest BCUT2D eigenvalue weighted by atomic mass is 19.4. The SMILES string of the molecule is O=C(/C=C/c1ccccc1NC(=O)Nc1cccc(C(F)(F)F)c1)NO. The Morgan fingerprint density at radius 1 is 1.00 bits per heavy atom. The van der Waals surface area contributed by atoms with Crippen LogP contribution in [0.25, 0.3) is 6.08 Å². The number of nitrogens with one attached hydrogen (secondary N) is 3. The molecular weight excluding hydrogens is 351 g/mol. The summed E-state index contributed by atoms with van der Waals surface area (Å²) in [5.41, 5.74) is 1.30. The van der Waals surface area contributed by atoms with Crippen LogP contribution in [0, 0.1) is 0 Å². The predicted molar refractivity (Wildman–Crippen MR) is 89.5 cm³/mol. The van der Waals surface area contributed by atoms with Gasteiger partial charge in [0.05, 0.1) is 5.56 Å². The van der Waals surface area contributed by atoms with Crippen LogP contribution in [0.3, 0.4) is 0 Å². The second-order valence-corrected chi connectivity index (χ2v) is 5.05. The van der Waals surface area contributed by atoms with Crippen LogP contribution >= 0.6 is 0 Å². The molecular formula is C17H14F3N3O3. The monoisotopic (exact) mass is 365 g/mol. The van der Waals surface area contributed by atoms with E-state index in [9.17, 15) is 22.8 Å². The Balaban J connectivity index is 2.11. The molecule has 0 saturated carbocycles. The molecule has 0 aliphatic carbocycles. The van der Waals surface area contributed by atoms with Crippen LogP contribution in [0.5, 0.6) is 0 Å². The molecule has 0 fully saturated rings. The first-order valence-corrected chi connectivity index (χ1v) is 7.26. The molecule has 3 amide bonds. The molecule has 0 aliphatic rings. The van der Waals surface area contributed by atoms with Gasteiger partial charge >= 0.3 is 12.2 Å². The van der Waals surface area contributed by atoms with E-state index < -0.39 is 23.7 Å². The predicted octanol–water partition coefficient (Wildman–Crippen LogP) is 3.87. The van der Waals surface area contributed by atoms with Gasteiger partial charge in [-0.2, -0.15) is 13.2 Å². The summed E-state index contributed by atoms with van der Waals surface area (Å²) >= 11 is 0. The average Bonchev–Trinajstić information content (AvgIpc) is 2.60. The Labute approximate surface area is 146 Å². The Bertz CT molecular complexity index is 835. The Morgan fingerprint density at radius 2 is 1.73 bits per heavy atom. The van der Waals surface area contributed by atoms with Crippen molar-refractivity contribution < 1.29 is 28.0 Å². The number of carbonyl (C=O) groups excluding carboxylic acids is 2. The van der Waals surface area contributed by atoms with Gasteiger partial charge in [-0.25, -0.2) is 10.3 Å². The van der Waals surface area contributed by atoms with Crippen molar-refractivity contribution in [1.29, 1.82) is 0 Å². The fourth-order valence-corrected chi connectivity index (χ4v) is 2.02. The zero-order valence-electron chi connectivity index (χ0n) is 13.2. The van der Waals surface area contributed by atoms with Gasteiger partial charge in [-0.05, 0) is 35.9 Å². The molecule has 6 nitrogen and oxygen atoms in total. The lowest BCUT2D eigenvalue weighted by Gasteiger charge is -2.12. The topological polar surface area (TPSA) is 90.5 Å². The highest BCUT2D eigenvalue weighted by Gasteiger charge is 2.30. The van der Waals surface area contributed by atoms with Gasteiger partial charge < -0.3 is 10.6 Å². The highest BCUT2D eigenvalue weighted by Crippen LogP contribution is 2.30. The molecule has 0 aromatic heterocycles. The first-order chi connectivity index (χ1) is 12.3. The van der Waals surface area contributed by atoms with Crippen LogP contribution in [-0.4, -0.2) is 17.1 Å². The van der Waals surface area contributed by atoms with Gasteiger partial charge in [0, 0.05) is 17.5 Å². The van der Waals surface area contributed by atoms with Gasteiger partial charge in [0.25, 0.3) is 5.91 Å². The van der Waals surface area contributed by atoms with Gasteiger partial charge in [-0.1, -0.05) is 24.3 Å². The lowest BCUT2D eigenvalue weighted by Crippen LogP contribution is -2.20.